The Balaban J connectivity index is 0.000000136. The van der Waals surface area contributed by atoms with Gasteiger partial charge < -0.3 is 28.8 Å². The summed E-state index contributed by atoms with van der Waals surface area (Å²) in [6.45, 7) is -0.143. The van der Waals surface area contributed by atoms with Crippen LogP contribution in [0.15, 0.2) is 97.3 Å². The zero-order chi connectivity index (χ0) is 22.4. The lowest BCUT2D eigenvalue weighted by Crippen LogP contribution is -2.54. The number of nitrogens with one attached hydrogen (secondary N) is 1. The van der Waals surface area contributed by atoms with Crippen molar-refractivity contribution in [3.8, 4) is 34.5 Å². The van der Waals surface area contributed by atoms with Gasteiger partial charge in [-0.15, -0.1) is 0 Å². The van der Waals surface area contributed by atoms with Crippen LogP contribution in [0, 0.1) is 6.92 Å². The zero-order valence-electron chi connectivity index (χ0n) is 17.3. The molecule has 0 saturated heterocycles. The Hall–Kier alpha value is -4.33. The summed E-state index contributed by atoms with van der Waals surface area (Å²) in [7, 11) is 0. The molecule has 3 N–H and O–H groups in total. The minimum Gasteiger partial charge on any atom is -0.609 e. The van der Waals surface area contributed by atoms with Crippen LogP contribution in [0.4, 0.5) is 0 Å². The van der Waals surface area contributed by atoms with Gasteiger partial charge in [-0.1, -0.05) is 36.4 Å². The van der Waals surface area contributed by atoms with E-state index >= 15 is 0 Å². The van der Waals surface area contributed by atoms with E-state index in [2.05, 4.69) is 11.9 Å². The number of aryl methyl sites for hydroxylation is 1. The molecule has 1 spiro atoms. The fourth-order valence-corrected chi connectivity index (χ4v) is 2.99. The van der Waals surface area contributed by atoms with Gasteiger partial charge in [-0.25, -0.2) is 4.98 Å². The van der Waals surface area contributed by atoms with Gasteiger partial charge in [-0.05, 0) is 48.9 Å². The molecule has 2 aliphatic rings. The standard InChI is InChI=1S/C12H8BO4.C6H7N.C6H6O2/c1-2-6-10-9(5-1)14-13(15-10)16-11-7-3-4-8-12(11)17-13;1-6-2-4-7-5-3-6;7-5-3-1-2-4-6(5)8/h1-8H;2-5H,1H3;1-4,7-8H/q-1;;/p+1. The Bertz CT molecular complexity index is 1060. The summed E-state index contributed by atoms with van der Waals surface area (Å²) in [5.74, 6) is 2.40. The molecule has 4 aromatic rings. The number of rotatable bonds is 0. The number of pyridine rings is 1. The molecule has 8 heteroatoms. The van der Waals surface area contributed by atoms with Crippen molar-refractivity contribution in [2.75, 3.05) is 0 Å². The molecule has 0 unspecified atom stereocenters. The topological polar surface area (TPSA) is 91.5 Å². The molecule has 0 aliphatic carbocycles. The summed E-state index contributed by atoms with van der Waals surface area (Å²) >= 11 is 0. The maximum Gasteiger partial charge on any atom is 0.777 e. The number of benzene rings is 3. The second kappa shape index (κ2) is 9.22. The minimum absolute atomic E-state index is 0.0764. The summed E-state index contributed by atoms with van der Waals surface area (Å²) in [5, 5.41) is 17.3. The highest BCUT2D eigenvalue weighted by Crippen LogP contribution is 2.44. The third-order valence-corrected chi connectivity index (χ3v) is 4.55. The Kier molecular flexibility index (Phi) is 6.03. The van der Waals surface area contributed by atoms with E-state index in [-0.39, 0.29) is 11.5 Å². The Morgan fingerprint density at radius 1 is 0.562 bits per heavy atom. The normalized spacial score (nSPS) is 13.4. The van der Waals surface area contributed by atoms with Crippen molar-refractivity contribution in [2.24, 2.45) is 0 Å². The van der Waals surface area contributed by atoms with Gasteiger partial charge in [0.2, 0.25) is 0 Å². The van der Waals surface area contributed by atoms with Crippen molar-refractivity contribution in [1.29, 1.82) is 0 Å². The van der Waals surface area contributed by atoms with E-state index in [0.29, 0.717) is 23.0 Å². The highest BCUT2D eigenvalue weighted by atomic mass is 16.9. The molecule has 0 amide bonds. The van der Waals surface area contributed by atoms with E-state index in [1.807, 2.05) is 73.1 Å². The van der Waals surface area contributed by atoms with Gasteiger partial charge in [0, 0.05) is 12.1 Å². The van der Waals surface area contributed by atoms with Gasteiger partial charge in [0.05, 0.1) is 0 Å². The summed E-state index contributed by atoms with van der Waals surface area (Å²) in [5.41, 5.74) is 1.29. The number of aromatic nitrogens is 1. The molecular formula is C24H22BNO6. The zero-order valence-corrected chi connectivity index (χ0v) is 17.3. The van der Waals surface area contributed by atoms with Gasteiger partial charge in [0.25, 0.3) is 0 Å². The third-order valence-electron chi connectivity index (χ3n) is 4.55. The van der Waals surface area contributed by atoms with Gasteiger partial charge in [0.1, 0.15) is 23.0 Å². The Morgan fingerprint density at radius 3 is 1.19 bits per heavy atom. The van der Waals surface area contributed by atoms with Crippen LogP contribution < -0.4 is 23.6 Å². The van der Waals surface area contributed by atoms with E-state index in [0.717, 1.165) is 0 Å². The lowest BCUT2D eigenvalue weighted by Gasteiger charge is -2.27. The van der Waals surface area contributed by atoms with Gasteiger partial charge >= 0.3 is 6.96 Å². The summed E-state index contributed by atoms with van der Waals surface area (Å²) in [6.07, 6.45) is 3.82. The first-order valence-corrected chi connectivity index (χ1v) is 10.0. The van der Waals surface area contributed by atoms with E-state index in [1.165, 1.54) is 17.7 Å². The van der Waals surface area contributed by atoms with Crippen molar-refractivity contribution in [2.45, 2.75) is 6.92 Å². The molecule has 3 aromatic carbocycles. The van der Waals surface area contributed by atoms with Gasteiger partial charge in [-0.3, -0.25) is 0 Å². The van der Waals surface area contributed by atoms with Gasteiger partial charge in [0.15, 0.2) is 23.9 Å². The number of aromatic hydroxyl groups is 2. The number of aromatic amines is 1. The van der Waals surface area contributed by atoms with Crippen molar-refractivity contribution >= 4 is 6.96 Å². The number of hydrogen-bond acceptors (Lipinski definition) is 6. The number of para-hydroxylation sites is 6. The fourth-order valence-electron chi connectivity index (χ4n) is 2.99. The maximum atomic E-state index is 8.67. The van der Waals surface area contributed by atoms with Crippen molar-refractivity contribution in [3.05, 3.63) is 103 Å². The average molecular weight is 431 g/mol. The molecule has 0 saturated carbocycles. The molecule has 0 radical (unpaired) electrons. The van der Waals surface area contributed by atoms with Crippen LogP contribution in [0.5, 0.6) is 34.5 Å². The maximum absolute atomic E-state index is 8.67. The van der Waals surface area contributed by atoms with Gasteiger partial charge in [-0.2, -0.15) is 0 Å². The first-order valence-electron chi connectivity index (χ1n) is 10.0. The summed E-state index contributed by atoms with van der Waals surface area (Å²) < 4.78 is 22.5. The molecule has 6 rings (SSSR count). The SMILES string of the molecule is Cc1cc[nH+]cc1.Oc1ccccc1O.c1ccc2c(c1)O[B-]1(O2)Oc2ccccc2O1. The molecule has 3 heterocycles. The molecule has 2 aliphatic heterocycles. The van der Waals surface area contributed by atoms with Crippen molar-refractivity contribution in [1.82, 2.24) is 0 Å². The predicted octanol–water partition coefficient (Wildman–Crippen LogP) is 4.27. The number of H-pyrrole nitrogens is 1. The van der Waals surface area contributed by atoms with Crippen LogP contribution in [-0.2, 0) is 0 Å². The molecule has 0 bridgehead atoms. The summed E-state index contributed by atoms with van der Waals surface area (Å²) in [6, 6.07) is 25.0. The van der Waals surface area contributed by atoms with Crippen LogP contribution in [0.2, 0.25) is 0 Å². The molecular weight excluding hydrogens is 409 g/mol. The van der Waals surface area contributed by atoms with E-state index in [1.54, 1.807) is 12.1 Å². The first kappa shape index (κ1) is 20.9. The number of phenolic OH excluding ortho intramolecular Hbond substituents is 2. The van der Waals surface area contributed by atoms with Crippen LogP contribution in [-0.4, -0.2) is 17.2 Å². The predicted molar refractivity (Wildman–Crippen MR) is 119 cm³/mol. The number of fused-ring (bicyclic) bond motifs is 2. The molecule has 7 nitrogen and oxygen atoms in total. The average Bonchev–Trinajstić information content (AvgIpc) is 3.35. The number of hydrogen-bond donors (Lipinski definition) is 2. The van der Waals surface area contributed by atoms with Crippen LogP contribution in [0.25, 0.3) is 0 Å². The Labute approximate surface area is 185 Å². The largest absolute Gasteiger partial charge is 0.777 e. The molecule has 1 aromatic heterocycles. The van der Waals surface area contributed by atoms with E-state index < -0.39 is 6.96 Å². The lowest BCUT2D eigenvalue weighted by molar-refractivity contribution is -0.378. The van der Waals surface area contributed by atoms with Crippen LogP contribution in [0.3, 0.4) is 0 Å². The Morgan fingerprint density at radius 2 is 0.906 bits per heavy atom. The lowest BCUT2D eigenvalue weighted by atomic mass is 10.1. The fraction of sp³-hybridized carbons (Fsp3) is 0.0417. The van der Waals surface area contributed by atoms with Crippen LogP contribution in [0.1, 0.15) is 5.56 Å². The number of phenols is 2. The monoisotopic (exact) mass is 431 g/mol. The smallest absolute Gasteiger partial charge is 0.609 e. The third kappa shape index (κ3) is 4.87. The minimum atomic E-state index is -2.21. The first-order chi connectivity index (χ1) is 15.5. The van der Waals surface area contributed by atoms with Crippen molar-refractivity contribution < 1.29 is 33.8 Å². The summed E-state index contributed by atoms with van der Waals surface area (Å²) in [4.78, 5) is 2.93. The second-order valence-electron chi connectivity index (χ2n) is 7.01. The molecule has 0 atom stereocenters. The van der Waals surface area contributed by atoms with E-state index in [9.17, 15) is 0 Å². The highest BCUT2D eigenvalue weighted by Gasteiger charge is 2.51. The highest BCUT2D eigenvalue weighted by molar-refractivity contribution is 6.59. The quantitative estimate of drug-likeness (QED) is 0.319. The second-order valence-corrected chi connectivity index (χ2v) is 7.01. The van der Waals surface area contributed by atoms with E-state index in [4.69, 9.17) is 28.8 Å². The van der Waals surface area contributed by atoms with Crippen LogP contribution >= 0.6 is 0 Å². The molecule has 0 fully saturated rings. The van der Waals surface area contributed by atoms with Crippen molar-refractivity contribution in [3.63, 3.8) is 0 Å². The molecule has 162 valence electrons. The molecule has 32 heavy (non-hydrogen) atoms.